The molecule has 0 saturated heterocycles. The molecule has 0 radical (unpaired) electrons. The molecule has 0 amide bonds. The molecule has 1 N–H and O–H groups in total. The van der Waals surface area contributed by atoms with E-state index >= 15 is 0 Å². The Hall–Kier alpha value is -1.28. The lowest BCUT2D eigenvalue weighted by Crippen LogP contribution is -2.16. The molecule has 1 heterocycles. The van der Waals surface area contributed by atoms with Crippen molar-refractivity contribution in [2.75, 3.05) is 0 Å². The SMILES string of the molecule is CC(C)(C)CCn1ccc2cccc(CNC3CC3)c21. The fourth-order valence-corrected chi connectivity index (χ4v) is 2.67. The molecule has 1 saturated carbocycles. The number of fused-ring (bicyclic) bond motifs is 1. The molecule has 2 heteroatoms. The Morgan fingerprint density at radius 1 is 1.20 bits per heavy atom. The van der Waals surface area contributed by atoms with Crippen LogP contribution in [0, 0.1) is 5.41 Å². The van der Waals surface area contributed by atoms with Crippen molar-refractivity contribution in [3.63, 3.8) is 0 Å². The molecule has 0 aliphatic heterocycles. The quantitative estimate of drug-likeness (QED) is 0.855. The standard InChI is InChI=1S/C18H26N2/c1-18(2,3)10-12-20-11-9-14-5-4-6-15(17(14)20)13-19-16-7-8-16/h4-6,9,11,16,19H,7-8,10,12-13H2,1-3H3. The maximum Gasteiger partial charge on any atom is 0.0525 e. The molecule has 1 aliphatic rings. The third-order valence-electron chi connectivity index (χ3n) is 4.13. The first-order valence-corrected chi connectivity index (χ1v) is 7.83. The average molecular weight is 270 g/mol. The minimum absolute atomic E-state index is 0.387. The molecular formula is C18H26N2. The predicted molar refractivity (Wildman–Crippen MR) is 85.9 cm³/mol. The second-order valence-corrected chi connectivity index (χ2v) is 7.33. The van der Waals surface area contributed by atoms with Gasteiger partial charge < -0.3 is 9.88 Å². The van der Waals surface area contributed by atoms with Crippen LogP contribution in [0.1, 0.15) is 45.6 Å². The summed E-state index contributed by atoms with van der Waals surface area (Å²) in [4.78, 5) is 0. The summed E-state index contributed by atoms with van der Waals surface area (Å²) in [6, 6.07) is 9.69. The van der Waals surface area contributed by atoms with Gasteiger partial charge in [-0.2, -0.15) is 0 Å². The minimum Gasteiger partial charge on any atom is -0.347 e. The normalized spacial score (nSPS) is 15.9. The summed E-state index contributed by atoms with van der Waals surface area (Å²) in [5.41, 5.74) is 3.25. The van der Waals surface area contributed by atoms with Crippen molar-refractivity contribution in [2.45, 2.75) is 59.2 Å². The first-order valence-electron chi connectivity index (χ1n) is 7.83. The highest BCUT2D eigenvalue weighted by Crippen LogP contribution is 2.26. The summed E-state index contributed by atoms with van der Waals surface area (Å²) in [5.74, 6) is 0. The van der Waals surface area contributed by atoms with E-state index in [1.165, 1.54) is 35.7 Å². The second kappa shape index (κ2) is 5.25. The Kier molecular flexibility index (Phi) is 3.59. The summed E-state index contributed by atoms with van der Waals surface area (Å²) in [5, 5.41) is 5.01. The van der Waals surface area contributed by atoms with E-state index in [9.17, 15) is 0 Å². The van der Waals surface area contributed by atoms with Crippen molar-refractivity contribution in [2.24, 2.45) is 5.41 Å². The van der Waals surface area contributed by atoms with Crippen molar-refractivity contribution in [3.8, 4) is 0 Å². The Morgan fingerprint density at radius 2 is 2.00 bits per heavy atom. The number of aromatic nitrogens is 1. The summed E-state index contributed by atoms with van der Waals surface area (Å²) in [6.07, 6.45) is 6.15. The molecule has 0 atom stereocenters. The van der Waals surface area contributed by atoms with Gasteiger partial charge in [0.25, 0.3) is 0 Å². The van der Waals surface area contributed by atoms with Gasteiger partial charge in [-0.25, -0.2) is 0 Å². The molecule has 1 aliphatic carbocycles. The van der Waals surface area contributed by atoms with Gasteiger partial charge in [0, 0.05) is 25.3 Å². The van der Waals surface area contributed by atoms with Gasteiger partial charge >= 0.3 is 0 Å². The minimum atomic E-state index is 0.387. The molecule has 1 fully saturated rings. The fourth-order valence-electron chi connectivity index (χ4n) is 2.67. The van der Waals surface area contributed by atoms with E-state index in [1.54, 1.807) is 0 Å². The van der Waals surface area contributed by atoms with E-state index in [2.05, 4.69) is 61.1 Å². The predicted octanol–water partition coefficient (Wildman–Crippen LogP) is 4.33. The number of hydrogen-bond donors (Lipinski definition) is 1. The van der Waals surface area contributed by atoms with Gasteiger partial charge in [-0.15, -0.1) is 0 Å². The van der Waals surface area contributed by atoms with Gasteiger partial charge in [-0.05, 0) is 41.7 Å². The largest absolute Gasteiger partial charge is 0.347 e. The Labute approximate surface area is 122 Å². The highest BCUT2D eigenvalue weighted by molar-refractivity contribution is 5.83. The van der Waals surface area contributed by atoms with Crippen LogP contribution in [0.25, 0.3) is 10.9 Å². The lowest BCUT2D eigenvalue weighted by Gasteiger charge is -2.19. The van der Waals surface area contributed by atoms with Crippen LogP contribution in [0.15, 0.2) is 30.5 Å². The van der Waals surface area contributed by atoms with Crippen LogP contribution in [0.5, 0.6) is 0 Å². The number of rotatable bonds is 5. The molecule has 0 spiro atoms. The lowest BCUT2D eigenvalue weighted by atomic mass is 9.92. The van der Waals surface area contributed by atoms with Gasteiger partial charge in [0.05, 0.1) is 5.52 Å². The number of aryl methyl sites for hydroxylation is 1. The van der Waals surface area contributed by atoms with E-state index in [0.29, 0.717) is 5.41 Å². The van der Waals surface area contributed by atoms with E-state index in [-0.39, 0.29) is 0 Å². The third-order valence-corrected chi connectivity index (χ3v) is 4.13. The molecule has 0 bridgehead atoms. The molecule has 2 aromatic rings. The first-order chi connectivity index (χ1) is 9.53. The first kappa shape index (κ1) is 13.7. The van der Waals surface area contributed by atoms with Gasteiger partial charge in [0.2, 0.25) is 0 Å². The third kappa shape index (κ3) is 3.24. The van der Waals surface area contributed by atoms with Gasteiger partial charge in [-0.3, -0.25) is 0 Å². The van der Waals surface area contributed by atoms with Crippen LogP contribution < -0.4 is 5.32 Å². The molecule has 2 nitrogen and oxygen atoms in total. The fraction of sp³-hybridized carbons (Fsp3) is 0.556. The average Bonchev–Trinajstić information content (AvgIpc) is 3.12. The highest BCUT2D eigenvalue weighted by atomic mass is 15.0. The van der Waals surface area contributed by atoms with Gasteiger partial charge in [0.1, 0.15) is 0 Å². The van der Waals surface area contributed by atoms with Crippen molar-refractivity contribution in [1.29, 1.82) is 0 Å². The monoisotopic (exact) mass is 270 g/mol. The van der Waals surface area contributed by atoms with E-state index < -0.39 is 0 Å². The van der Waals surface area contributed by atoms with Crippen molar-refractivity contribution in [3.05, 3.63) is 36.0 Å². The topological polar surface area (TPSA) is 17.0 Å². The molecule has 108 valence electrons. The van der Waals surface area contributed by atoms with Gasteiger partial charge in [-0.1, -0.05) is 39.0 Å². The molecule has 20 heavy (non-hydrogen) atoms. The lowest BCUT2D eigenvalue weighted by molar-refractivity contribution is 0.353. The Bertz CT molecular complexity index is 585. The molecule has 1 aromatic carbocycles. The van der Waals surface area contributed by atoms with Crippen LogP contribution in [-0.2, 0) is 13.1 Å². The maximum absolute atomic E-state index is 3.64. The zero-order chi connectivity index (χ0) is 14.2. The zero-order valence-electron chi connectivity index (χ0n) is 12.9. The molecule has 0 unspecified atom stereocenters. The number of para-hydroxylation sites is 1. The maximum atomic E-state index is 3.64. The molecule has 3 rings (SSSR count). The number of nitrogens with one attached hydrogen (secondary N) is 1. The molecular weight excluding hydrogens is 244 g/mol. The van der Waals surface area contributed by atoms with Crippen LogP contribution >= 0.6 is 0 Å². The number of nitrogens with zero attached hydrogens (tertiary/aromatic N) is 1. The van der Waals surface area contributed by atoms with Crippen molar-refractivity contribution >= 4 is 10.9 Å². The smallest absolute Gasteiger partial charge is 0.0525 e. The Balaban J connectivity index is 1.83. The second-order valence-electron chi connectivity index (χ2n) is 7.33. The van der Waals surface area contributed by atoms with E-state index in [4.69, 9.17) is 0 Å². The number of hydrogen-bond acceptors (Lipinski definition) is 1. The number of benzene rings is 1. The van der Waals surface area contributed by atoms with Crippen molar-refractivity contribution in [1.82, 2.24) is 9.88 Å². The summed E-state index contributed by atoms with van der Waals surface area (Å²) < 4.78 is 2.44. The van der Waals surface area contributed by atoms with Gasteiger partial charge in [0.15, 0.2) is 0 Å². The highest BCUT2D eigenvalue weighted by Gasteiger charge is 2.20. The van der Waals surface area contributed by atoms with E-state index in [1.807, 2.05) is 0 Å². The summed E-state index contributed by atoms with van der Waals surface area (Å²) in [7, 11) is 0. The zero-order valence-corrected chi connectivity index (χ0v) is 12.9. The summed E-state index contributed by atoms with van der Waals surface area (Å²) >= 11 is 0. The Morgan fingerprint density at radius 3 is 2.70 bits per heavy atom. The van der Waals surface area contributed by atoms with E-state index in [0.717, 1.165) is 19.1 Å². The van der Waals surface area contributed by atoms with Crippen molar-refractivity contribution < 1.29 is 0 Å². The van der Waals surface area contributed by atoms with Crippen LogP contribution in [-0.4, -0.2) is 10.6 Å². The van der Waals surface area contributed by atoms with Crippen LogP contribution in [0.3, 0.4) is 0 Å². The molecule has 1 aromatic heterocycles. The van der Waals surface area contributed by atoms with Crippen LogP contribution in [0.2, 0.25) is 0 Å². The van der Waals surface area contributed by atoms with Crippen LogP contribution in [0.4, 0.5) is 0 Å². The summed E-state index contributed by atoms with van der Waals surface area (Å²) in [6.45, 7) is 9.05.